The SMILES string of the molecule is OC(c1cc(Br)ccc1Cl)c1ccccc1C(F)(F)F. The molecule has 0 bridgehead atoms. The van der Waals surface area contributed by atoms with Crippen LogP contribution in [-0.2, 0) is 6.18 Å². The third kappa shape index (κ3) is 3.16. The molecule has 0 radical (unpaired) electrons. The largest absolute Gasteiger partial charge is 0.416 e. The minimum Gasteiger partial charge on any atom is -0.384 e. The Balaban J connectivity index is 2.54. The Morgan fingerprint density at radius 1 is 1.05 bits per heavy atom. The van der Waals surface area contributed by atoms with E-state index < -0.39 is 17.8 Å². The number of alkyl halides is 3. The topological polar surface area (TPSA) is 20.2 Å². The van der Waals surface area contributed by atoms with Gasteiger partial charge in [-0.1, -0.05) is 45.7 Å². The van der Waals surface area contributed by atoms with E-state index in [4.69, 9.17) is 11.6 Å². The van der Waals surface area contributed by atoms with Gasteiger partial charge in [0.25, 0.3) is 0 Å². The van der Waals surface area contributed by atoms with Gasteiger partial charge in [0.2, 0.25) is 0 Å². The van der Waals surface area contributed by atoms with Crippen LogP contribution in [0.3, 0.4) is 0 Å². The predicted octanol–water partition coefficient (Wildman–Crippen LogP) is 5.20. The molecule has 1 nitrogen and oxygen atoms in total. The Bertz CT molecular complexity index is 628. The van der Waals surface area contributed by atoms with E-state index in [0.29, 0.717) is 4.47 Å². The van der Waals surface area contributed by atoms with Crippen molar-refractivity contribution >= 4 is 27.5 Å². The highest BCUT2D eigenvalue weighted by atomic mass is 79.9. The Hall–Kier alpha value is -1.04. The summed E-state index contributed by atoms with van der Waals surface area (Å²) in [5.41, 5.74) is -0.874. The second-order valence-electron chi connectivity index (χ2n) is 4.15. The van der Waals surface area contributed by atoms with Gasteiger partial charge in [-0.2, -0.15) is 13.2 Å². The molecule has 0 aromatic heterocycles. The predicted molar refractivity (Wildman–Crippen MR) is 74.7 cm³/mol. The van der Waals surface area contributed by atoms with E-state index in [1.54, 1.807) is 6.07 Å². The van der Waals surface area contributed by atoms with E-state index in [-0.39, 0.29) is 16.1 Å². The fraction of sp³-hybridized carbons (Fsp3) is 0.143. The van der Waals surface area contributed by atoms with Gasteiger partial charge in [-0.25, -0.2) is 0 Å². The number of aliphatic hydroxyl groups excluding tert-OH is 1. The third-order valence-electron chi connectivity index (χ3n) is 2.81. The van der Waals surface area contributed by atoms with Crippen molar-refractivity contribution in [2.45, 2.75) is 12.3 Å². The highest BCUT2D eigenvalue weighted by Gasteiger charge is 2.35. The number of benzene rings is 2. The molecule has 2 aromatic carbocycles. The summed E-state index contributed by atoms with van der Waals surface area (Å²) in [4.78, 5) is 0. The van der Waals surface area contributed by atoms with Crippen molar-refractivity contribution in [2.75, 3.05) is 0 Å². The van der Waals surface area contributed by atoms with Gasteiger partial charge >= 0.3 is 6.18 Å². The highest BCUT2D eigenvalue weighted by molar-refractivity contribution is 9.10. The maximum atomic E-state index is 13.0. The molecular formula is C14H9BrClF3O. The van der Waals surface area contributed by atoms with Gasteiger partial charge in [-0.3, -0.25) is 0 Å². The first-order valence-electron chi connectivity index (χ1n) is 5.60. The lowest BCUT2D eigenvalue weighted by atomic mass is 9.96. The molecule has 1 atom stereocenters. The maximum absolute atomic E-state index is 13.0. The van der Waals surface area contributed by atoms with Gasteiger partial charge in [0.05, 0.1) is 5.56 Å². The molecule has 0 amide bonds. The third-order valence-corrected chi connectivity index (χ3v) is 3.65. The van der Waals surface area contributed by atoms with E-state index in [0.717, 1.165) is 6.07 Å². The average molecular weight is 366 g/mol. The Kier molecular flexibility index (Phi) is 4.42. The Morgan fingerprint density at radius 2 is 1.70 bits per heavy atom. The van der Waals surface area contributed by atoms with Crippen LogP contribution >= 0.6 is 27.5 Å². The van der Waals surface area contributed by atoms with Crippen LogP contribution in [0, 0.1) is 0 Å². The molecule has 0 aliphatic rings. The van der Waals surface area contributed by atoms with E-state index in [1.165, 1.54) is 30.3 Å². The van der Waals surface area contributed by atoms with Crippen LogP contribution in [0.25, 0.3) is 0 Å². The molecule has 6 heteroatoms. The zero-order valence-corrected chi connectivity index (χ0v) is 12.3. The van der Waals surface area contributed by atoms with Gasteiger partial charge in [-0.05, 0) is 29.8 Å². The lowest BCUT2D eigenvalue weighted by Crippen LogP contribution is -2.12. The van der Waals surface area contributed by atoms with Crippen LogP contribution in [0.5, 0.6) is 0 Å². The number of rotatable bonds is 2. The van der Waals surface area contributed by atoms with E-state index in [1.807, 2.05) is 0 Å². The number of aliphatic hydroxyl groups is 1. The smallest absolute Gasteiger partial charge is 0.384 e. The van der Waals surface area contributed by atoms with Gasteiger partial charge in [0.1, 0.15) is 6.10 Å². The molecule has 0 heterocycles. The van der Waals surface area contributed by atoms with Crippen molar-refractivity contribution in [1.29, 1.82) is 0 Å². The molecule has 0 spiro atoms. The number of hydrogen-bond acceptors (Lipinski definition) is 1. The van der Waals surface area contributed by atoms with Crippen LogP contribution in [0.2, 0.25) is 5.02 Å². The van der Waals surface area contributed by atoms with Crippen LogP contribution in [0.1, 0.15) is 22.8 Å². The minimum atomic E-state index is -4.53. The first-order chi connectivity index (χ1) is 9.30. The summed E-state index contributed by atoms with van der Waals surface area (Å²) in [5.74, 6) is 0. The lowest BCUT2D eigenvalue weighted by molar-refractivity contribution is -0.139. The van der Waals surface area contributed by atoms with Crippen molar-refractivity contribution in [3.8, 4) is 0 Å². The summed E-state index contributed by atoms with van der Waals surface area (Å²) in [5, 5.41) is 10.4. The van der Waals surface area contributed by atoms with Crippen molar-refractivity contribution < 1.29 is 18.3 Å². The van der Waals surface area contributed by atoms with Crippen molar-refractivity contribution in [3.63, 3.8) is 0 Å². The fourth-order valence-corrected chi connectivity index (χ4v) is 2.48. The van der Waals surface area contributed by atoms with Gasteiger partial charge in [0, 0.05) is 15.1 Å². The maximum Gasteiger partial charge on any atom is 0.416 e. The molecule has 0 saturated heterocycles. The lowest BCUT2D eigenvalue weighted by Gasteiger charge is -2.18. The van der Waals surface area contributed by atoms with E-state index >= 15 is 0 Å². The zero-order chi connectivity index (χ0) is 14.9. The first kappa shape index (κ1) is 15.4. The first-order valence-corrected chi connectivity index (χ1v) is 6.77. The molecule has 1 N–H and O–H groups in total. The van der Waals surface area contributed by atoms with Gasteiger partial charge in [-0.15, -0.1) is 0 Å². The molecule has 0 aliphatic carbocycles. The zero-order valence-electron chi connectivity index (χ0n) is 9.96. The van der Waals surface area contributed by atoms with Crippen LogP contribution < -0.4 is 0 Å². The van der Waals surface area contributed by atoms with Crippen LogP contribution in [0.4, 0.5) is 13.2 Å². The molecule has 20 heavy (non-hydrogen) atoms. The molecular weight excluding hydrogens is 357 g/mol. The number of hydrogen-bond donors (Lipinski definition) is 1. The van der Waals surface area contributed by atoms with Crippen molar-refractivity contribution in [2.24, 2.45) is 0 Å². The standard InChI is InChI=1S/C14H9BrClF3O/c15-8-5-6-12(16)10(7-8)13(20)9-3-1-2-4-11(9)14(17,18)19/h1-7,13,20H. The molecule has 2 aromatic rings. The quantitative estimate of drug-likeness (QED) is 0.775. The second-order valence-corrected chi connectivity index (χ2v) is 5.48. The van der Waals surface area contributed by atoms with Gasteiger partial charge < -0.3 is 5.11 Å². The summed E-state index contributed by atoms with van der Waals surface area (Å²) in [6.07, 6.45) is -5.98. The summed E-state index contributed by atoms with van der Waals surface area (Å²) >= 11 is 9.15. The molecule has 2 rings (SSSR count). The molecule has 0 aliphatic heterocycles. The Labute approximate surface area is 127 Å². The summed E-state index contributed by atoms with van der Waals surface area (Å²) in [7, 11) is 0. The Morgan fingerprint density at radius 3 is 2.35 bits per heavy atom. The highest BCUT2D eigenvalue weighted by Crippen LogP contribution is 2.38. The van der Waals surface area contributed by atoms with E-state index in [9.17, 15) is 18.3 Å². The molecule has 0 saturated carbocycles. The molecule has 0 fully saturated rings. The average Bonchev–Trinajstić information content (AvgIpc) is 2.40. The normalized spacial score (nSPS) is 13.3. The molecule has 106 valence electrons. The monoisotopic (exact) mass is 364 g/mol. The van der Waals surface area contributed by atoms with Crippen LogP contribution in [-0.4, -0.2) is 5.11 Å². The number of halogens is 5. The summed E-state index contributed by atoms with van der Waals surface area (Å²) in [6.45, 7) is 0. The molecule has 1 unspecified atom stereocenters. The summed E-state index contributed by atoms with van der Waals surface area (Å²) < 4.78 is 39.5. The van der Waals surface area contributed by atoms with E-state index in [2.05, 4.69) is 15.9 Å². The van der Waals surface area contributed by atoms with Crippen molar-refractivity contribution in [1.82, 2.24) is 0 Å². The summed E-state index contributed by atoms with van der Waals surface area (Å²) in [6, 6.07) is 9.56. The van der Waals surface area contributed by atoms with Crippen LogP contribution in [0.15, 0.2) is 46.9 Å². The fourth-order valence-electron chi connectivity index (χ4n) is 1.89. The minimum absolute atomic E-state index is 0.206. The second kappa shape index (κ2) is 5.76. The van der Waals surface area contributed by atoms with Crippen molar-refractivity contribution in [3.05, 3.63) is 68.7 Å². The van der Waals surface area contributed by atoms with Gasteiger partial charge in [0.15, 0.2) is 0 Å².